The number of hydrogen-bond acceptors (Lipinski definition) is 2. The molecular formula is C16H23N3O. The molecule has 2 amide bonds. The van der Waals surface area contributed by atoms with Gasteiger partial charge in [0.25, 0.3) is 0 Å². The van der Waals surface area contributed by atoms with E-state index in [9.17, 15) is 4.79 Å². The summed E-state index contributed by atoms with van der Waals surface area (Å²) in [7, 11) is 0. The molecule has 1 unspecified atom stereocenters. The van der Waals surface area contributed by atoms with Crippen molar-refractivity contribution in [3.8, 4) is 0 Å². The van der Waals surface area contributed by atoms with Gasteiger partial charge in [0.05, 0.1) is 0 Å². The molecule has 1 N–H and O–H groups in total. The molecule has 0 spiro atoms. The zero-order valence-electron chi connectivity index (χ0n) is 12.1. The molecule has 2 fully saturated rings. The lowest BCUT2D eigenvalue weighted by molar-refractivity contribution is 0.167. The Kier molecular flexibility index (Phi) is 3.90. The van der Waals surface area contributed by atoms with Gasteiger partial charge in [-0.15, -0.1) is 0 Å². The van der Waals surface area contributed by atoms with Crippen LogP contribution in [0.5, 0.6) is 0 Å². The summed E-state index contributed by atoms with van der Waals surface area (Å²) >= 11 is 0. The second kappa shape index (κ2) is 5.81. The normalized spacial score (nSPS) is 19.4. The number of aromatic nitrogens is 1. The average Bonchev–Trinajstić information content (AvgIpc) is 3.32. The Balaban J connectivity index is 1.49. The third-order valence-corrected chi connectivity index (χ3v) is 4.30. The van der Waals surface area contributed by atoms with Crippen LogP contribution in [-0.2, 0) is 6.42 Å². The van der Waals surface area contributed by atoms with Gasteiger partial charge >= 0.3 is 6.03 Å². The second-order valence-electron chi connectivity index (χ2n) is 6.02. The first-order valence-corrected chi connectivity index (χ1v) is 7.72. The van der Waals surface area contributed by atoms with Gasteiger partial charge < -0.3 is 10.2 Å². The molecule has 3 rings (SSSR count). The van der Waals surface area contributed by atoms with Crippen LogP contribution in [0, 0.1) is 5.92 Å². The van der Waals surface area contributed by atoms with Gasteiger partial charge in [-0.05, 0) is 50.7 Å². The van der Waals surface area contributed by atoms with Crippen LogP contribution in [0.3, 0.4) is 0 Å². The molecule has 2 aliphatic carbocycles. The quantitative estimate of drug-likeness (QED) is 0.866. The Hall–Kier alpha value is -1.58. The van der Waals surface area contributed by atoms with Crippen molar-refractivity contribution in [1.82, 2.24) is 15.2 Å². The molecule has 2 aliphatic rings. The first-order valence-electron chi connectivity index (χ1n) is 7.72. The molecule has 0 aliphatic heterocycles. The Morgan fingerprint density at radius 2 is 2.20 bits per heavy atom. The molecule has 4 nitrogen and oxygen atoms in total. The van der Waals surface area contributed by atoms with E-state index in [0.29, 0.717) is 18.6 Å². The predicted octanol–water partition coefficient (Wildman–Crippen LogP) is 2.60. The highest BCUT2D eigenvalue weighted by molar-refractivity contribution is 5.75. The monoisotopic (exact) mass is 273 g/mol. The van der Waals surface area contributed by atoms with Crippen LogP contribution in [0.4, 0.5) is 4.79 Å². The van der Waals surface area contributed by atoms with E-state index < -0.39 is 0 Å². The van der Waals surface area contributed by atoms with Crippen molar-refractivity contribution >= 4 is 6.03 Å². The lowest BCUT2D eigenvalue weighted by atomic mass is 10.2. The van der Waals surface area contributed by atoms with E-state index >= 15 is 0 Å². The lowest BCUT2D eigenvalue weighted by Crippen LogP contribution is -2.47. The minimum absolute atomic E-state index is 0.114. The van der Waals surface area contributed by atoms with E-state index in [1.165, 1.54) is 25.7 Å². The summed E-state index contributed by atoms with van der Waals surface area (Å²) in [6.45, 7) is 2.87. The summed E-state index contributed by atoms with van der Waals surface area (Å²) < 4.78 is 0. The van der Waals surface area contributed by atoms with Crippen LogP contribution in [0.15, 0.2) is 24.4 Å². The van der Waals surface area contributed by atoms with Crippen LogP contribution in [-0.4, -0.2) is 34.5 Å². The van der Waals surface area contributed by atoms with Gasteiger partial charge in [0.2, 0.25) is 0 Å². The highest BCUT2D eigenvalue weighted by Crippen LogP contribution is 2.39. The third-order valence-electron chi connectivity index (χ3n) is 4.30. The van der Waals surface area contributed by atoms with Crippen LogP contribution in [0.2, 0.25) is 0 Å². The number of rotatable bonds is 6. The molecule has 0 bridgehead atoms. The number of hydrogen-bond donors (Lipinski definition) is 1. The van der Waals surface area contributed by atoms with E-state index in [-0.39, 0.29) is 6.03 Å². The number of nitrogens with one attached hydrogen (secondary N) is 1. The molecule has 1 atom stereocenters. The van der Waals surface area contributed by atoms with E-state index in [1.54, 1.807) is 6.20 Å². The second-order valence-corrected chi connectivity index (χ2v) is 6.02. The Labute approximate surface area is 120 Å². The van der Waals surface area contributed by atoms with E-state index in [4.69, 9.17) is 0 Å². The molecule has 108 valence electrons. The average molecular weight is 273 g/mol. The minimum Gasteiger partial charge on any atom is -0.338 e. The number of urea groups is 1. The maximum atomic E-state index is 12.4. The fraction of sp³-hybridized carbons (Fsp3) is 0.625. The Morgan fingerprint density at radius 3 is 2.80 bits per heavy atom. The summed E-state index contributed by atoms with van der Waals surface area (Å²) in [5, 5.41) is 3.06. The van der Waals surface area contributed by atoms with Gasteiger partial charge in [-0.1, -0.05) is 6.07 Å². The molecule has 1 aromatic heterocycles. The summed E-state index contributed by atoms with van der Waals surface area (Å²) in [5.74, 6) is 0.733. The number of carbonyl (C=O) groups is 1. The van der Waals surface area contributed by atoms with Crippen LogP contribution < -0.4 is 5.32 Å². The van der Waals surface area contributed by atoms with E-state index in [2.05, 4.69) is 22.1 Å². The molecule has 20 heavy (non-hydrogen) atoms. The first-order chi connectivity index (χ1) is 9.75. The summed E-state index contributed by atoms with van der Waals surface area (Å²) in [6.07, 6.45) is 7.50. The van der Waals surface area contributed by atoms with Crippen molar-refractivity contribution < 1.29 is 4.79 Å². The van der Waals surface area contributed by atoms with E-state index in [1.807, 2.05) is 18.2 Å². The first kappa shape index (κ1) is 13.4. The summed E-state index contributed by atoms with van der Waals surface area (Å²) in [4.78, 5) is 18.8. The van der Waals surface area contributed by atoms with Crippen LogP contribution in [0.1, 0.15) is 38.3 Å². The van der Waals surface area contributed by atoms with Gasteiger partial charge in [0.15, 0.2) is 0 Å². The Bertz CT molecular complexity index is 454. The number of amides is 2. The topological polar surface area (TPSA) is 45.2 Å². The van der Waals surface area contributed by atoms with Crippen molar-refractivity contribution in [3.05, 3.63) is 30.1 Å². The van der Waals surface area contributed by atoms with Crippen molar-refractivity contribution in [3.63, 3.8) is 0 Å². The largest absolute Gasteiger partial charge is 0.338 e. The minimum atomic E-state index is 0.114. The smallest absolute Gasteiger partial charge is 0.317 e. The van der Waals surface area contributed by atoms with Gasteiger partial charge in [0.1, 0.15) is 0 Å². The number of nitrogens with zero attached hydrogens (tertiary/aromatic N) is 2. The molecule has 1 heterocycles. The summed E-state index contributed by atoms with van der Waals surface area (Å²) in [5.41, 5.74) is 1.03. The van der Waals surface area contributed by atoms with Crippen molar-refractivity contribution in [1.29, 1.82) is 0 Å². The zero-order chi connectivity index (χ0) is 13.9. The molecule has 0 radical (unpaired) electrons. The molecule has 4 heteroatoms. The van der Waals surface area contributed by atoms with Crippen molar-refractivity contribution in [2.45, 2.75) is 51.1 Å². The van der Waals surface area contributed by atoms with Crippen LogP contribution in [0.25, 0.3) is 0 Å². The van der Waals surface area contributed by atoms with Crippen LogP contribution >= 0.6 is 0 Å². The fourth-order valence-corrected chi connectivity index (χ4v) is 2.78. The molecule has 2 saturated carbocycles. The summed E-state index contributed by atoms with van der Waals surface area (Å²) in [6, 6.07) is 6.89. The molecule has 0 saturated heterocycles. The third kappa shape index (κ3) is 3.30. The van der Waals surface area contributed by atoms with Crippen molar-refractivity contribution in [2.75, 3.05) is 6.54 Å². The van der Waals surface area contributed by atoms with Gasteiger partial charge in [-0.25, -0.2) is 4.79 Å². The number of pyridine rings is 1. The van der Waals surface area contributed by atoms with E-state index in [0.717, 1.165) is 18.0 Å². The Morgan fingerprint density at radius 1 is 1.40 bits per heavy atom. The standard InChI is InChI=1S/C16H23N3O/c1-12(13-5-6-13)19(15-7-8-15)16(20)18-11-9-14-4-2-3-10-17-14/h2-4,10,12-13,15H,5-9,11H2,1H3,(H,18,20). The highest BCUT2D eigenvalue weighted by atomic mass is 16.2. The fourth-order valence-electron chi connectivity index (χ4n) is 2.78. The maximum Gasteiger partial charge on any atom is 0.317 e. The van der Waals surface area contributed by atoms with Crippen molar-refractivity contribution in [2.24, 2.45) is 5.92 Å². The lowest BCUT2D eigenvalue weighted by Gasteiger charge is -2.29. The van der Waals surface area contributed by atoms with Gasteiger partial charge in [0, 0.05) is 36.9 Å². The highest BCUT2D eigenvalue weighted by Gasteiger charge is 2.41. The molecular weight excluding hydrogens is 250 g/mol. The zero-order valence-corrected chi connectivity index (χ0v) is 12.1. The maximum absolute atomic E-state index is 12.4. The predicted molar refractivity (Wildman–Crippen MR) is 78.4 cm³/mol. The molecule has 0 aromatic carbocycles. The number of carbonyl (C=O) groups excluding carboxylic acids is 1. The van der Waals surface area contributed by atoms with Gasteiger partial charge in [-0.3, -0.25) is 4.98 Å². The molecule has 1 aromatic rings. The SMILES string of the molecule is CC(C1CC1)N(C(=O)NCCc1ccccn1)C1CC1. The van der Waals surface area contributed by atoms with Gasteiger partial charge in [-0.2, -0.15) is 0 Å².